The summed E-state index contributed by atoms with van der Waals surface area (Å²) in [5, 5.41) is 5.73. The fraction of sp³-hybridized carbons (Fsp3) is 0.529. The summed E-state index contributed by atoms with van der Waals surface area (Å²) in [5.41, 5.74) is 0.815. The van der Waals surface area contributed by atoms with Crippen molar-refractivity contribution in [2.24, 2.45) is 0 Å². The maximum atomic E-state index is 12.9. The molecule has 0 unspecified atom stereocenters. The standard InChI is InChI=1S/C17H24FN3O2/c1-2-9-19-17(23)20-15-7-10-21(11-8-15)16(22)12-13-3-5-14(18)6-4-13/h3-6,15H,2,7-12H2,1H3,(H2,19,20,23). The number of nitrogens with zero attached hydrogens (tertiary/aromatic N) is 1. The van der Waals surface area contributed by atoms with E-state index in [1.165, 1.54) is 12.1 Å². The van der Waals surface area contributed by atoms with Gasteiger partial charge in [0.2, 0.25) is 5.91 Å². The largest absolute Gasteiger partial charge is 0.342 e. The molecule has 1 fully saturated rings. The fourth-order valence-electron chi connectivity index (χ4n) is 2.64. The number of carbonyl (C=O) groups is 2. The molecule has 5 nitrogen and oxygen atoms in total. The fourth-order valence-corrected chi connectivity index (χ4v) is 2.64. The van der Waals surface area contributed by atoms with Crippen LogP contribution in [0, 0.1) is 5.82 Å². The molecular weight excluding hydrogens is 297 g/mol. The van der Waals surface area contributed by atoms with E-state index in [-0.39, 0.29) is 30.2 Å². The quantitative estimate of drug-likeness (QED) is 0.872. The van der Waals surface area contributed by atoms with Crippen molar-refractivity contribution in [3.8, 4) is 0 Å². The molecule has 1 saturated heterocycles. The number of nitrogens with one attached hydrogen (secondary N) is 2. The van der Waals surface area contributed by atoms with E-state index >= 15 is 0 Å². The van der Waals surface area contributed by atoms with E-state index in [0.29, 0.717) is 19.6 Å². The zero-order chi connectivity index (χ0) is 16.7. The Hall–Kier alpha value is -2.11. The van der Waals surface area contributed by atoms with E-state index in [0.717, 1.165) is 24.8 Å². The minimum absolute atomic E-state index is 0.0468. The van der Waals surface area contributed by atoms with E-state index in [1.54, 1.807) is 12.1 Å². The summed E-state index contributed by atoms with van der Waals surface area (Å²) in [5.74, 6) is -0.250. The molecule has 0 atom stereocenters. The number of urea groups is 1. The summed E-state index contributed by atoms with van der Waals surface area (Å²) < 4.78 is 12.9. The summed E-state index contributed by atoms with van der Waals surface area (Å²) in [6.07, 6.45) is 2.71. The Kier molecular flexibility index (Phi) is 6.38. The molecule has 1 aliphatic heterocycles. The highest BCUT2D eigenvalue weighted by atomic mass is 19.1. The molecule has 0 aliphatic carbocycles. The molecule has 6 heteroatoms. The Labute approximate surface area is 136 Å². The lowest BCUT2D eigenvalue weighted by Gasteiger charge is -2.32. The van der Waals surface area contributed by atoms with Gasteiger partial charge >= 0.3 is 6.03 Å². The predicted molar refractivity (Wildman–Crippen MR) is 86.5 cm³/mol. The van der Waals surface area contributed by atoms with Crippen LogP contribution in [0.4, 0.5) is 9.18 Å². The molecule has 0 aromatic heterocycles. The first kappa shape index (κ1) is 17.2. The SMILES string of the molecule is CCCNC(=O)NC1CCN(C(=O)Cc2ccc(F)cc2)CC1. The van der Waals surface area contributed by atoms with Gasteiger partial charge in [-0.05, 0) is 37.0 Å². The number of rotatable bonds is 5. The number of likely N-dealkylation sites (tertiary alicyclic amines) is 1. The van der Waals surface area contributed by atoms with E-state index in [1.807, 2.05) is 11.8 Å². The van der Waals surface area contributed by atoms with Gasteiger partial charge in [0.15, 0.2) is 0 Å². The van der Waals surface area contributed by atoms with Gasteiger partial charge in [-0.2, -0.15) is 0 Å². The molecule has 23 heavy (non-hydrogen) atoms. The van der Waals surface area contributed by atoms with Gasteiger partial charge in [0.1, 0.15) is 5.82 Å². The summed E-state index contributed by atoms with van der Waals surface area (Å²) in [6, 6.07) is 5.99. The third-order valence-corrected chi connectivity index (χ3v) is 3.99. The number of hydrogen-bond acceptors (Lipinski definition) is 2. The third-order valence-electron chi connectivity index (χ3n) is 3.99. The van der Waals surface area contributed by atoms with Gasteiger partial charge < -0.3 is 15.5 Å². The van der Waals surface area contributed by atoms with Crippen molar-refractivity contribution < 1.29 is 14.0 Å². The summed E-state index contributed by atoms with van der Waals surface area (Å²) in [4.78, 5) is 25.7. The van der Waals surface area contributed by atoms with Crippen molar-refractivity contribution in [1.82, 2.24) is 15.5 Å². The van der Waals surface area contributed by atoms with Gasteiger partial charge in [-0.1, -0.05) is 19.1 Å². The number of carbonyl (C=O) groups excluding carboxylic acids is 2. The van der Waals surface area contributed by atoms with Gasteiger partial charge in [-0.15, -0.1) is 0 Å². The normalized spacial score (nSPS) is 15.3. The lowest BCUT2D eigenvalue weighted by molar-refractivity contribution is -0.131. The highest BCUT2D eigenvalue weighted by Crippen LogP contribution is 2.13. The van der Waals surface area contributed by atoms with Crippen molar-refractivity contribution in [2.75, 3.05) is 19.6 Å². The van der Waals surface area contributed by atoms with Crippen molar-refractivity contribution in [3.63, 3.8) is 0 Å². The number of amides is 3. The molecule has 2 N–H and O–H groups in total. The maximum absolute atomic E-state index is 12.9. The van der Waals surface area contributed by atoms with E-state index in [2.05, 4.69) is 10.6 Å². The van der Waals surface area contributed by atoms with Crippen molar-refractivity contribution in [2.45, 2.75) is 38.6 Å². The number of benzene rings is 1. The average Bonchev–Trinajstić information content (AvgIpc) is 2.55. The number of halogens is 1. The Morgan fingerprint density at radius 3 is 2.48 bits per heavy atom. The van der Waals surface area contributed by atoms with E-state index in [4.69, 9.17) is 0 Å². The molecule has 1 heterocycles. The smallest absolute Gasteiger partial charge is 0.315 e. The second kappa shape index (κ2) is 8.50. The second-order valence-corrected chi connectivity index (χ2v) is 5.86. The van der Waals surface area contributed by atoms with Crippen LogP contribution in [0.1, 0.15) is 31.7 Å². The van der Waals surface area contributed by atoms with E-state index in [9.17, 15) is 14.0 Å². The highest BCUT2D eigenvalue weighted by molar-refractivity contribution is 5.79. The van der Waals surface area contributed by atoms with Crippen molar-refractivity contribution in [3.05, 3.63) is 35.6 Å². The first-order chi connectivity index (χ1) is 11.1. The van der Waals surface area contributed by atoms with Crippen LogP contribution in [-0.4, -0.2) is 42.5 Å². The molecule has 0 bridgehead atoms. The van der Waals surface area contributed by atoms with Gasteiger partial charge in [0.25, 0.3) is 0 Å². The van der Waals surface area contributed by atoms with Crippen LogP contribution < -0.4 is 10.6 Å². The Morgan fingerprint density at radius 1 is 1.22 bits per heavy atom. The van der Waals surface area contributed by atoms with Gasteiger partial charge in [-0.25, -0.2) is 9.18 Å². The molecule has 0 spiro atoms. The monoisotopic (exact) mass is 321 g/mol. The topological polar surface area (TPSA) is 61.4 Å². The minimum atomic E-state index is -0.297. The molecule has 0 saturated carbocycles. The molecule has 3 amide bonds. The molecule has 1 aromatic carbocycles. The Balaban J connectivity index is 1.74. The lowest BCUT2D eigenvalue weighted by atomic mass is 10.0. The van der Waals surface area contributed by atoms with Crippen LogP contribution in [0.15, 0.2) is 24.3 Å². The van der Waals surface area contributed by atoms with Crippen LogP contribution >= 0.6 is 0 Å². The van der Waals surface area contributed by atoms with E-state index < -0.39 is 0 Å². The van der Waals surface area contributed by atoms with Crippen LogP contribution in [0.2, 0.25) is 0 Å². The number of hydrogen-bond donors (Lipinski definition) is 2. The Bertz CT molecular complexity index is 525. The lowest BCUT2D eigenvalue weighted by Crippen LogP contribution is -2.49. The molecule has 126 valence electrons. The van der Waals surface area contributed by atoms with Crippen LogP contribution in [0.5, 0.6) is 0 Å². The van der Waals surface area contributed by atoms with Crippen LogP contribution in [0.3, 0.4) is 0 Å². The van der Waals surface area contributed by atoms with Gasteiger partial charge in [0, 0.05) is 25.7 Å². The predicted octanol–water partition coefficient (Wildman–Crippen LogP) is 2.07. The average molecular weight is 321 g/mol. The number of piperidine rings is 1. The summed E-state index contributed by atoms with van der Waals surface area (Å²) >= 11 is 0. The van der Waals surface area contributed by atoms with Crippen molar-refractivity contribution in [1.29, 1.82) is 0 Å². The maximum Gasteiger partial charge on any atom is 0.315 e. The molecule has 1 aliphatic rings. The first-order valence-corrected chi connectivity index (χ1v) is 8.15. The molecule has 2 rings (SSSR count). The summed E-state index contributed by atoms with van der Waals surface area (Å²) in [7, 11) is 0. The van der Waals surface area contributed by atoms with Crippen molar-refractivity contribution >= 4 is 11.9 Å². The minimum Gasteiger partial charge on any atom is -0.342 e. The molecule has 1 aromatic rings. The zero-order valence-electron chi connectivity index (χ0n) is 13.5. The zero-order valence-corrected chi connectivity index (χ0v) is 13.5. The summed E-state index contributed by atoms with van der Waals surface area (Å²) in [6.45, 7) is 3.95. The molecule has 0 radical (unpaired) electrons. The molecular formula is C17H24FN3O2. The Morgan fingerprint density at radius 2 is 1.87 bits per heavy atom. The van der Waals surface area contributed by atoms with Gasteiger partial charge in [0.05, 0.1) is 6.42 Å². The van der Waals surface area contributed by atoms with Crippen LogP contribution in [-0.2, 0) is 11.2 Å². The third kappa shape index (κ3) is 5.54. The second-order valence-electron chi connectivity index (χ2n) is 5.86. The highest BCUT2D eigenvalue weighted by Gasteiger charge is 2.23. The first-order valence-electron chi connectivity index (χ1n) is 8.15. The van der Waals surface area contributed by atoms with Crippen LogP contribution in [0.25, 0.3) is 0 Å². The van der Waals surface area contributed by atoms with Gasteiger partial charge in [-0.3, -0.25) is 4.79 Å².